The molecule has 1 amide bonds. The van der Waals surface area contributed by atoms with Crippen molar-refractivity contribution >= 4 is 49.1 Å². The first-order valence-corrected chi connectivity index (χ1v) is 7.28. The first kappa shape index (κ1) is 25.4. The number of amides is 1. The fourth-order valence-corrected chi connectivity index (χ4v) is 2.18. The van der Waals surface area contributed by atoms with Gasteiger partial charge in [-0.05, 0) is 19.9 Å². The Morgan fingerprint density at radius 1 is 1.17 bits per heavy atom. The Morgan fingerprint density at radius 3 is 2.21 bits per heavy atom. The molecule has 2 rings (SSSR count). The Morgan fingerprint density at radius 2 is 1.71 bits per heavy atom. The van der Waals surface area contributed by atoms with Crippen LogP contribution >= 0.6 is 37.2 Å². The molecule has 0 spiro atoms. The highest BCUT2D eigenvalue weighted by Gasteiger charge is 2.22. The lowest BCUT2D eigenvalue weighted by molar-refractivity contribution is -0.125. The second-order valence-corrected chi connectivity index (χ2v) is 5.86. The summed E-state index contributed by atoms with van der Waals surface area (Å²) in [4.78, 5) is 24.7. The maximum absolute atomic E-state index is 11.7. The summed E-state index contributed by atoms with van der Waals surface area (Å²) in [5.74, 6) is 0.675. The lowest BCUT2D eigenvalue weighted by atomic mass is 10.1. The normalized spacial score (nSPS) is 14.7. The summed E-state index contributed by atoms with van der Waals surface area (Å²) in [7, 11) is 0. The lowest BCUT2D eigenvalue weighted by Crippen LogP contribution is -2.52. The molecule has 2 heterocycles. The second kappa shape index (κ2) is 11.7. The van der Waals surface area contributed by atoms with Crippen LogP contribution in [0.15, 0.2) is 18.5 Å². The Labute approximate surface area is 162 Å². The van der Waals surface area contributed by atoms with Crippen molar-refractivity contribution in [2.75, 3.05) is 44.2 Å². The van der Waals surface area contributed by atoms with Crippen molar-refractivity contribution in [1.29, 1.82) is 0 Å². The van der Waals surface area contributed by atoms with Crippen molar-refractivity contribution in [2.45, 2.75) is 19.4 Å². The van der Waals surface area contributed by atoms with Gasteiger partial charge in [-0.3, -0.25) is 9.69 Å². The van der Waals surface area contributed by atoms with Crippen molar-refractivity contribution in [2.24, 2.45) is 5.73 Å². The number of anilines is 1. The molecule has 1 aliphatic rings. The Kier molecular flexibility index (Phi) is 12.3. The molecule has 140 valence electrons. The van der Waals surface area contributed by atoms with Crippen LogP contribution in [0.3, 0.4) is 0 Å². The molecule has 1 aromatic heterocycles. The average molecular weight is 402 g/mol. The topological polar surface area (TPSA) is 87.4 Å². The summed E-state index contributed by atoms with van der Waals surface area (Å²) in [6.07, 6.45) is 3.53. The zero-order chi connectivity index (χ0) is 15.3. The van der Waals surface area contributed by atoms with E-state index in [0.29, 0.717) is 6.54 Å². The van der Waals surface area contributed by atoms with E-state index in [9.17, 15) is 4.79 Å². The molecular formula is C14H27Cl3N6O. The molecule has 0 aromatic carbocycles. The predicted molar refractivity (Wildman–Crippen MR) is 104 cm³/mol. The molecule has 1 aliphatic heterocycles. The van der Waals surface area contributed by atoms with Crippen LogP contribution in [0.25, 0.3) is 0 Å². The van der Waals surface area contributed by atoms with E-state index in [1.54, 1.807) is 26.2 Å². The first-order chi connectivity index (χ1) is 9.97. The average Bonchev–Trinajstić information content (AvgIpc) is 2.48. The zero-order valence-electron chi connectivity index (χ0n) is 14.0. The number of carbonyl (C=O) groups excluding carboxylic acids is 1. The number of nitrogens with one attached hydrogen (secondary N) is 1. The minimum Gasteiger partial charge on any atom is -0.353 e. The van der Waals surface area contributed by atoms with Crippen LogP contribution in [-0.4, -0.2) is 65.6 Å². The Balaban J connectivity index is 0. The molecule has 0 saturated carbocycles. The Hall–Kier alpha value is -0.860. The second-order valence-electron chi connectivity index (χ2n) is 5.86. The van der Waals surface area contributed by atoms with E-state index in [4.69, 9.17) is 5.73 Å². The standard InChI is InChI=1S/C14H24N6O.3ClH/c1-14(2,15)12(21)16-6-7-19-8-10-20(11-9-19)13-17-4-3-5-18-13;;;/h3-5H,6-11,15H2,1-2H3,(H,16,21);3*1H. The van der Waals surface area contributed by atoms with Crippen LogP contribution in [0.4, 0.5) is 5.95 Å². The van der Waals surface area contributed by atoms with Gasteiger partial charge in [-0.1, -0.05) is 0 Å². The number of aromatic nitrogens is 2. The molecule has 7 nitrogen and oxygen atoms in total. The highest BCUT2D eigenvalue weighted by atomic mass is 35.5. The lowest BCUT2D eigenvalue weighted by Gasteiger charge is -2.34. The molecule has 24 heavy (non-hydrogen) atoms. The molecule has 3 N–H and O–H groups in total. The van der Waals surface area contributed by atoms with Gasteiger partial charge in [0.15, 0.2) is 0 Å². The minimum absolute atomic E-state index is 0. The highest BCUT2D eigenvalue weighted by Crippen LogP contribution is 2.09. The van der Waals surface area contributed by atoms with Crippen molar-refractivity contribution in [3.8, 4) is 0 Å². The first-order valence-electron chi connectivity index (χ1n) is 7.28. The van der Waals surface area contributed by atoms with Gasteiger partial charge < -0.3 is 16.0 Å². The molecule has 1 aromatic rings. The van der Waals surface area contributed by atoms with Gasteiger partial charge in [0.1, 0.15) is 0 Å². The van der Waals surface area contributed by atoms with Crippen molar-refractivity contribution in [1.82, 2.24) is 20.2 Å². The number of nitrogens with zero attached hydrogens (tertiary/aromatic N) is 4. The molecule has 0 bridgehead atoms. The fraction of sp³-hybridized carbons (Fsp3) is 0.643. The third kappa shape index (κ3) is 7.81. The van der Waals surface area contributed by atoms with Crippen LogP contribution in [0.2, 0.25) is 0 Å². The largest absolute Gasteiger partial charge is 0.353 e. The number of hydrogen-bond acceptors (Lipinski definition) is 6. The van der Waals surface area contributed by atoms with Gasteiger partial charge in [-0.15, -0.1) is 37.2 Å². The molecule has 0 aliphatic carbocycles. The maximum Gasteiger partial charge on any atom is 0.239 e. The smallest absolute Gasteiger partial charge is 0.239 e. The van der Waals surface area contributed by atoms with Gasteiger partial charge in [-0.25, -0.2) is 9.97 Å². The molecule has 0 unspecified atom stereocenters. The van der Waals surface area contributed by atoms with Crippen LogP contribution in [0, 0.1) is 0 Å². The van der Waals surface area contributed by atoms with Crippen LogP contribution in [-0.2, 0) is 4.79 Å². The summed E-state index contributed by atoms with van der Waals surface area (Å²) >= 11 is 0. The highest BCUT2D eigenvalue weighted by molar-refractivity contribution is 5.86. The van der Waals surface area contributed by atoms with Crippen molar-refractivity contribution < 1.29 is 4.79 Å². The van der Waals surface area contributed by atoms with E-state index in [0.717, 1.165) is 38.7 Å². The van der Waals surface area contributed by atoms with Crippen LogP contribution in [0.1, 0.15) is 13.8 Å². The van der Waals surface area contributed by atoms with Crippen molar-refractivity contribution in [3.63, 3.8) is 0 Å². The fourth-order valence-electron chi connectivity index (χ4n) is 2.18. The van der Waals surface area contributed by atoms with E-state index in [-0.39, 0.29) is 43.1 Å². The van der Waals surface area contributed by atoms with Gasteiger partial charge in [-0.2, -0.15) is 0 Å². The number of rotatable bonds is 5. The summed E-state index contributed by atoms with van der Waals surface area (Å²) in [6, 6.07) is 1.82. The van der Waals surface area contributed by atoms with E-state index in [1.165, 1.54) is 0 Å². The summed E-state index contributed by atoms with van der Waals surface area (Å²) in [5.41, 5.74) is 4.92. The van der Waals surface area contributed by atoms with Gasteiger partial charge in [0, 0.05) is 51.7 Å². The van der Waals surface area contributed by atoms with Gasteiger partial charge in [0.05, 0.1) is 5.54 Å². The van der Waals surface area contributed by atoms with E-state index in [1.807, 2.05) is 6.07 Å². The monoisotopic (exact) mass is 400 g/mol. The number of carbonyl (C=O) groups is 1. The third-order valence-electron chi connectivity index (χ3n) is 3.51. The number of piperazine rings is 1. The number of nitrogens with two attached hydrogens (primary N) is 1. The molecule has 1 fully saturated rings. The molecular weight excluding hydrogens is 375 g/mol. The van der Waals surface area contributed by atoms with Gasteiger partial charge in [0.2, 0.25) is 11.9 Å². The summed E-state index contributed by atoms with van der Waals surface area (Å²) in [5, 5.41) is 2.87. The number of halogens is 3. The van der Waals surface area contributed by atoms with E-state index in [2.05, 4.69) is 25.1 Å². The van der Waals surface area contributed by atoms with E-state index >= 15 is 0 Å². The molecule has 0 radical (unpaired) electrons. The van der Waals surface area contributed by atoms with Gasteiger partial charge >= 0.3 is 0 Å². The summed E-state index contributed by atoms with van der Waals surface area (Å²) in [6.45, 7) is 8.58. The molecule has 1 saturated heterocycles. The predicted octanol–water partition coefficient (Wildman–Crippen LogP) is 0.717. The van der Waals surface area contributed by atoms with Crippen LogP contribution in [0.5, 0.6) is 0 Å². The number of hydrogen-bond donors (Lipinski definition) is 2. The maximum atomic E-state index is 11.7. The van der Waals surface area contributed by atoms with Crippen LogP contribution < -0.4 is 16.0 Å². The SMILES string of the molecule is CC(C)(N)C(=O)NCCN1CCN(c2ncccn2)CC1.Cl.Cl.Cl. The Bertz CT molecular complexity index is 463. The van der Waals surface area contributed by atoms with E-state index < -0.39 is 5.54 Å². The zero-order valence-corrected chi connectivity index (χ0v) is 16.4. The molecule has 0 atom stereocenters. The van der Waals surface area contributed by atoms with Gasteiger partial charge in [0.25, 0.3) is 0 Å². The quantitative estimate of drug-likeness (QED) is 0.756. The molecule has 10 heteroatoms. The van der Waals surface area contributed by atoms with Crippen molar-refractivity contribution in [3.05, 3.63) is 18.5 Å². The third-order valence-corrected chi connectivity index (χ3v) is 3.51. The summed E-state index contributed by atoms with van der Waals surface area (Å²) < 4.78 is 0. The minimum atomic E-state index is -0.816.